The smallest absolute Gasteiger partial charge is 0.116 e. The molecule has 0 aromatic rings. The standard InChI is InChI=1S/C6H6BrF/c1-5(7)3-4-6(2)8/h3-4H,1-2H2/b4-3-. The number of halogens is 2. The molecule has 0 spiro atoms. The van der Waals surface area contributed by atoms with Crippen LogP contribution in [-0.2, 0) is 0 Å². The van der Waals surface area contributed by atoms with E-state index in [1.807, 2.05) is 0 Å². The van der Waals surface area contributed by atoms with E-state index < -0.39 is 5.83 Å². The van der Waals surface area contributed by atoms with Gasteiger partial charge in [0.15, 0.2) is 0 Å². The Kier molecular flexibility index (Phi) is 3.44. The van der Waals surface area contributed by atoms with Crippen LogP contribution >= 0.6 is 15.9 Å². The molecule has 0 atom stereocenters. The lowest BCUT2D eigenvalue weighted by atomic mass is 10.5. The fourth-order valence-corrected chi connectivity index (χ4v) is 0.313. The van der Waals surface area contributed by atoms with Crippen molar-refractivity contribution in [3.05, 3.63) is 35.6 Å². The highest BCUT2D eigenvalue weighted by atomic mass is 79.9. The van der Waals surface area contributed by atoms with Crippen molar-refractivity contribution in [1.29, 1.82) is 0 Å². The molecule has 0 radical (unpaired) electrons. The monoisotopic (exact) mass is 176 g/mol. The number of hydrogen-bond donors (Lipinski definition) is 0. The van der Waals surface area contributed by atoms with Gasteiger partial charge in [0.05, 0.1) is 0 Å². The van der Waals surface area contributed by atoms with Gasteiger partial charge in [-0.1, -0.05) is 29.1 Å². The molecule has 0 saturated carbocycles. The van der Waals surface area contributed by atoms with Gasteiger partial charge in [-0.05, 0) is 12.2 Å². The average molecular weight is 177 g/mol. The first kappa shape index (κ1) is 7.63. The molecule has 0 nitrogen and oxygen atoms in total. The van der Waals surface area contributed by atoms with Crippen molar-refractivity contribution in [3.8, 4) is 0 Å². The molecule has 0 bridgehead atoms. The zero-order chi connectivity index (χ0) is 6.57. The minimum atomic E-state index is -0.467. The van der Waals surface area contributed by atoms with E-state index in [1.54, 1.807) is 0 Å². The minimum absolute atomic E-state index is 0.467. The van der Waals surface area contributed by atoms with Crippen molar-refractivity contribution in [3.63, 3.8) is 0 Å². The van der Waals surface area contributed by atoms with E-state index in [2.05, 4.69) is 29.1 Å². The maximum Gasteiger partial charge on any atom is 0.116 e. The second-order valence-electron chi connectivity index (χ2n) is 1.23. The Bertz CT molecular complexity index is 119. The minimum Gasteiger partial charge on any atom is -0.208 e. The molecule has 0 unspecified atom stereocenters. The summed E-state index contributed by atoms with van der Waals surface area (Å²) in [6.07, 6.45) is 2.72. The van der Waals surface area contributed by atoms with Crippen molar-refractivity contribution >= 4 is 15.9 Å². The van der Waals surface area contributed by atoms with E-state index >= 15 is 0 Å². The maximum absolute atomic E-state index is 11.7. The summed E-state index contributed by atoms with van der Waals surface area (Å²) in [4.78, 5) is 0. The summed E-state index contributed by atoms with van der Waals surface area (Å²) in [5.41, 5.74) is 0. The van der Waals surface area contributed by atoms with Crippen LogP contribution in [-0.4, -0.2) is 0 Å². The Morgan fingerprint density at radius 2 is 1.88 bits per heavy atom. The van der Waals surface area contributed by atoms with Crippen LogP contribution < -0.4 is 0 Å². The molecule has 2 heteroatoms. The highest BCUT2D eigenvalue weighted by Crippen LogP contribution is 2.04. The first-order valence-electron chi connectivity index (χ1n) is 2.00. The zero-order valence-corrected chi connectivity index (χ0v) is 5.91. The quantitative estimate of drug-likeness (QED) is 0.568. The Labute approximate surface area is 56.5 Å². The molecule has 0 aliphatic carbocycles. The fourth-order valence-electron chi connectivity index (χ4n) is 0.181. The Hall–Kier alpha value is -0.370. The molecule has 0 saturated heterocycles. The number of allylic oxidation sites excluding steroid dienone is 4. The van der Waals surface area contributed by atoms with Gasteiger partial charge in [-0.2, -0.15) is 0 Å². The highest BCUT2D eigenvalue weighted by molar-refractivity contribution is 9.11. The third kappa shape index (κ3) is 5.63. The predicted molar refractivity (Wildman–Crippen MR) is 37.5 cm³/mol. The first-order chi connectivity index (χ1) is 3.63. The van der Waals surface area contributed by atoms with Gasteiger partial charge in [0.2, 0.25) is 0 Å². The van der Waals surface area contributed by atoms with Gasteiger partial charge in [-0.25, -0.2) is 4.39 Å². The van der Waals surface area contributed by atoms with Crippen LogP contribution in [0.3, 0.4) is 0 Å². The van der Waals surface area contributed by atoms with E-state index in [-0.39, 0.29) is 0 Å². The summed E-state index contributed by atoms with van der Waals surface area (Å²) < 4.78 is 12.4. The zero-order valence-electron chi connectivity index (χ0n) is 4.32. The van der Waals surface area contributed by atoms with Crippen LogP contribution in [0.25, 0.3) is 0 Å². The van der Waals surface area contributed by atoms with E-state index in [0.29, 0.717) is 4.48 Å². The van der Waals surface area contributed by atoms with Crippen molar-refractivity contribution in [2.75, 3.05) is 0 Å². The van der Waals surface area contributed by atoms with Crippen molar-refractivity contribution in [1.82, 2.24) is 0 Å². The van der Waals surface area contributed by atoms with Gasteiger partial charge in [0.1, 0.15) is 5.83 Å². The van der Waals surface area contributed by atoms with Gasteiger partial charge in [0, 0.05) is 4.48 Å². The Morgan fingerprint density at radius 3 is 2.00 bits per heavy atom. The normalized spacial score (nSPS) is 9.75. The molecular weight excluding hydrogens is 171 g/mol. The van der Waals surface area contributed by atoms with Crippen LogP contribution in [0.2, 0.25) is 0 Å². The fraction of sp³-hybridized carbons (Fsp3) is 0. The molecule has 8 heavy (non-hydrogen) atoms. The average Bonchev–Trinajstić information content (AvgIpc) is 1.61. The van der Waals surface area contributed by atoms with Gasteiger partial charge < -0.3 is 0 Å². The predicted octanol–water partition coefficient (Wildman–Crippen LogP) is 2.93. The third-order valence-corrected chi connectivity index (χ3v) is 0.709. The molecule has 0 aromatic heterocycles. The Balaban J connectivity index is 3.67. The van der Waals surface area contributed by atoms with Crippen molar-refractivity contribution < 1.29 is 4.39 Å². The summed E-state index contributed by atoms with van der Waals surface area (Å²) in [7, 11) is 0. The van der Waals surface area contributed by atoms with Gasteiger partial charge in [-0.15, -0.1) is 0 Å². The maximum atomic E-state index is 11.7. The lowest BCUT2D eigenvalue weighted by molar-refractivity contribution is 0.671. The lowest BCUT2D eigenvalue weighted by Crippen LogP contribution is -1.57. The number of rotatable bonds is 2. The van der Waals surface area contributed by atoms with E-state index in [4.69, 9.17) is 0 Å². The second kappa shape index (κ2) is 3.61. The summed E-state index contributed by atoms with van der Waals surface area (Å²) in [5.74, 6) is -0.467. The van der Waals surface area contributed by atoms with Crippen LogP contribution in [0.5, 0.6) is 0 Å². The molecule has 44 valence electrons. The second-order valence-corrected chi connectivity index (χ2v) is 2.25. The lowest BCUT2D eigenvalue weighted by Gasteiger charge is -1.79. The van der Waals surface area contributed by atoms with Crippen LogP contribution in [0, 0.1) is 0 Å². The summed E-state index contributed by atoms with van der Waals surface area (Å²) >= 11 is 3.01. The van der Waals surface area contributed by atoms with Crippen LogP contribution in [0.4, 0.5) is 4.39 Å². The van der Waals surface area contributed by atoms with Crippen molar-refractivity contribution in [2.24, 2.45) is 0 Å². The largest absolute Gasteiger partial charge is 0.208 e. The topological polar surface area (TPSA) is 0 Å². The third-order valence-electron chi connectivity index (χ3n) is 0.445. The van der Waals surface area contributed by atoms with Gasteiger partial charge in [-0.3, -0.25) is 0 Å². The molecule has 0 aliphatic heterocycles. The molecule has 0 amide bonds. The molecule has 0 N–H and O–H groups in total. The van der Waals surface area contributed by atoms with E-state index in [9.17, 15) is 4.39 Å². The van der Waals surface area contributed by atoms with Crippen LogP contribution in [0.15, 0.2) is 35.6 Å². The Morgan fingerprint density at radius 1 is 1.38 bits per heavy atom. The van der Waals surface area contributed by atoms with E-state index in [0.717, 1.165) is 0 Å². The molecule has 0 fully saturated rings. The first-order valence-corrected chi connectivity index (χ1v) is 2.79. The molecular formula is C6H6BrF. The van der Waals surface area contributed by atoms with Crippen molar-refractivity contribution in [2.45, 2.75) is 0 Å². The van der Waals surface area contributed by atoms with E-state index in [1.165, 1.54) is 12.2 Å². The van der Waals surface area contributed by atoms with Crippen LogP contribution in [0.1, 0.15) is 0 Å². The number of hydrogen-bond acceptors (Lipinski definition) is 0. The molecule has 0 rings (SSSR count). The summed E-state index contributed by atoms with van der Waals surface area (Å²) in [6.45, 7) is 6.46. The van der Waals surface area contributed by atoms with Gasteiger partial charge >= 0.3 is 0 Å². The summed E-state index contributed by atoms with van der Waals surface area (Å²) in [6, 6.07) is 0. The summed E-state index contributed by atoms with van der Waals surface area (Å²) in [5, 5.41) is 0. The molecule has 0 aromatic carbocycles. The molecule has 0 heterocycles. The highest BCUT2D eigenvalue weighted by Gasteiger charge is 1.78. The SMILES string of the molecule is C=C(F)/C=C\C(=C)Br. The van der Waals surface area contributed by atoms with Gasteiger partial charge in [0.25, 0.3) is 0 Å². The molecule has 0 aliphatic rings.